The van der Waals surface area contributed by atoms with E-state index in [0.717, 1.165) is 0 Å². The number of imidazole rings is 1. The highest BCUT2D eigenvalue weighted by Crippen LogP contribution is 2.26. The van der Waals surface area contributed by atoms with E-state index in [1.165, 1.54) is 28.6 Å². The van der Waals surface area contributed by atoms with E-state index in [0.29, 0.717) is 35.5 Å². The number of halogens is 2. The minimum absolute atomic E-state index is 0.183. The second kappa shape index (κ2) is 7.80. The lowest BCUT2D eigenvalue weighted by Gasteiger charge is -2.18. The largest absolute Gasteiger partial charge is 0.337 e. The Morgan fingerprint density at radius 2 is 1.93 bits per heavy atom. The fourth-order valence-corrected chi connectivity index (χ4v) is 4.46. The van der Waals surface area contributed by atoms with Crippen molar-refractivity contribution in [2.45, 2.75) is 18.7 Å². The molecule has 0 atom stereocenters. The van der Waals surface area contributed by atoms with E-state index in [4.69, 9.17) is 11.6 Å². The van der Waals surface area contributed by atoms with Crippen LogP contribution in [0.4, 0.5) is 4.39 Å². The molecule has 1 aromatic heterocycles. The summed E-state index contributed by atoms with van der Waals surface area (Å²) in [5, 5.41) is 0.226. The fourth-order valence-electron chi connectivity index (χ4n) is 2.77. The van der Waals surface area contributed by atoms with Gasteiger partial charge in [0.05, 0.1) is 21.0 Å². The van der Waals surface area contributed by atoms with Gasteiger partial charge in [-0.3, -0.25) is 0 Å². The summed E-state index contributed by atoms with van der Waals surface area (Å²) < 4.78 is 40.5. The highest BCUT2D eigenvalue weighted by Gasteiger charge is 2.22. The first-order valence-corrected chi connectivity index (χ1v) is 10.3. The van der Waals surface area contributed by atoms with Gasteiger partial charge in [0.1, 0.15) is 11.6 Å². The van der Waals surface area contributed by atoms with E-state index >= 15 is 0 Å². The van der Waals surface area contributed by atoms with Crippen LogP contribution in [-0.4, -0.2) is 35.8 Å². The molecule has 2 aromatic carbocycles. The molecule has 142 valence electrons. The molecule has 3 rings (SSSR count). The van der Waals surface area contributed by atoms with Gasteiger partial charge in [0, 0.05) is 18.7 Å². The van der Waals surface area contributed by atoms with Crippen LogP contribution in [0, 0.1) is 5.82 Å². The molecule has 0 aliphatic rings. The van der Waals surface area contributed by atoms with Crippen molar-refractivity contribution < 1.29 is 12.8 Å². The number of rotatable bonds is 6. The summed E-state index contributed by atoms with van der Waals surface area (Å²) in [6.07, 6.45) is 1.47. The second-order valence-corrected chi connectivity index (χ2v) is 8.21. The van der Waals surface area contributed by atoms with Gasteiger partial charge in [-0.25, -0.2) is 17.8 Å². The fraction of sp³-hybridized carbons (Fsp3) is 0.211. The quantitative estimate of drug-likeness (QED) is 0.655. The van der Waals surface area contributed by atoms with Crippen molar-refractivity contribution in [3.05, 3.63) is 59.7 Å². The van der Waals surface area contributed by atoms with E-state index in [1.807, 2.05) is 0 Å². The van der Waals surface area contributed by atoms with Crippen LogP contribution in [0.1, 0.15) is 25.2 Å². The lowest BCUT2D eigenvalue weighted by Crippen LogP contribution is -2.30. The monoisotopic (exact) mass is 407 g/mol. The Morgan fingerprint density at radius 3 is 2.59 bits per heavy atom. The van der Waals surface area contributed by atoms with E-state index in [9.17, 15) is 12.8 Å². The summed E-state index contributed by atoms with van der Waals surface area (Å²) in [7, 11) is -3.57. The molecule has 0 unspecified atom stereocenters. The maximum atomic E-state index is 13.8. The molecule has 27 heavy (non-hydrogen) atoms. The minimum atomic E-state index is -3.57. The van der Waals surface area contributed by atoms with Gasteiger partial charge >= 0.3 is 0 Å². The van der Waals surface area contributed by atoms with Crippen molar-refractivity contribution in [1.29, 1.82) is 0 Å². The number of nitrogens with one attached hydrogen (secondary N) is 1. The van der Waals surface area contributed by atoms with E-state index < -0.39 is 10.0 Å². The topological polar surface area (TPSA) is 66.1 Å². The van der Waals surface area contributed by atoms with Gasteiger partial charge in [0.2, 0.25) is 10.0 Å². The number of benzene rings is 2. The first-order valence-electron chi connectivity index (χ1n) is 8.48. The lowest BCUT2D eigenvalue weighted by molar-refractivity contribution is 0.445. The molecule has 3 aromatic rings. The van der Waals surface area contributed by atoms with Crippen molar-refractivity contribution in [2.24, 2.45) is 0 Å². The predicted octanol–water partition coefficient (Wildman–Crippen LogP) is 4.47. The molecule has 0 saturated heterocycles. The molecule has 0 saturated carbocycles. The van der Waals surface area contributed by atoms with Crippen LogP contribution in [0.3, 0.4) is 0 Å². The van der Waals surface area contributed by atoms with Crippen LogP contribution in [0.5, 0.6) is 0 Å². The zero-order valence-electron chi connectivity index (χ0n) is 14.9. The summed E-state index contributed by atoms with van der Waals surface area (Å²) >= 11 is 6.28. The Bertz CT molecular complexity index is 1110. The van der Waals surface area contributed by atoms with E-state index in [-0.39, 0.29) is 15.7 Å². The number of hydrogen-bond acceptors (Lipinski definition) is 3. The van der Waals surface area contributed by atoms with Gasteiger partial charge in [-0.1, -0.05) is 43.6 Å². The van der Waals surface area contributed by atoms with Crippen LogP contribution < -0.4 is 0 Å². The van der Waals surface area contributed by atoms with Gasteiger partial charge in [0.15, 0.2) is 0 Å². The predicted molar refractivity (Wildman–Crippen MR) is 106 cm³/mol. The standard InChI is InChI=1S/C19H19ClFN3O2S/c1-3-24(4-2)27(25,26)14-9-10-17-18(12-14)23-19(22-17)15(20)11-13-7-5-6-8-16(13)21/h5-12H,3-4H2,1-2H3,(H,22,23)/b15-11-. The highest BCUT2D eigenvalue weighted by atomic mass is 35.5. The van der Waals surface area contributed by atoms with Gasteiger partial charge in [-0.2, -0.15) is 4.31 Å². The molecule has 0 radical (unpaired) electrons. The Hall–Kier alpha value is -2.22. The number of aromatic amines is 1. The molecule has 1 heterocycles. The Morgan fingerprint density at radius 1 is 1.22 bits per heavy atom. The van der Waals surface area contributed by atoms with Crippen LogP contribution in [0.15, 0.2) is 47.4 Å². The number of fused-ring (bicyclic) bond motifs is 1. The summed E-state index contributed by atoms with van der Waals surface area (Å²) in [6, 6.07) is 10.9. The molecular weight excluding hydrogens is 389 g/mol. The number of nitrogens with zero attached hydrogens (tertiary/aromatic N) is 2. The van der Waals surface area contributed by atoms with Gasteiger partial charge in [-0.05, 0) is 30.3 Å². The molecule has 0 aliphatic heterocycles. The molecule has 0 fully saturated rings. The first kappa shape index (κ1) is 19.5. The zero-order chi connectivity index (χ0) is 19.6. The molecule has 0 amide bonds. The Balaban J connectivity index is 2.00. The van der Waals surface area contributed by atoms with E-state index in [2.05, 4.69) is 9.97 Å². The Labute approximate surface area is 162 Å². The second-order valence-electron chi connectivity index (χ2n) is 5.87. The minimum Gasteiger partial charge on any atom is -0.337 e. The normalized spacial score (nSPS) is 12.9. The molecule has 5 nitrogen and oxygen atoms in total. The van der Waals surface area contributed by atoms with Crippen molar-refractivity contribution in [2.75, 3.05) is 13.1 Å². The van der Waals surface area contributed by atoms with E-state index in [1.54, 1.807) is 38.1 Å². The third kappa shape index (κ3) is 3.90. The number of hydrogen-bond donors (Lipinski definition) is 1. The van der Waals surface area contributed by atoms with Gasteiger partial charge in [0.25, 0.3) is 0 Å². The lowest BCUT2D eigenvalue weighted by atomic mass is 10.2. The number of aromatic nitrogens is 2. The van der Waals surface area contributed by atoms with Crippen molar-refractivity contribution in [1.82, 2.24) is 14.3 Å². The molecule has 0 spiro atoms. The summed E-state index contributed by atoms with van der Waals surface area (Å²) in [4.78, 5) is 7.55. The molecule has 1 N–H and O–H groups in total. The molecule has 0 bridgehead atoms. The maximum absolute atomic E-state index is 13.8. The van der Waals surface area contributed by atoms with Crippen LogP contribution in [0.2, 0.25) is 0 Å². The third-order valence-electron chi connectivity index (χ3n) is 4.21. The summed E-state index contributed by atoms with van der Waals surface area (Å²) in [5.41, 5.74) is 1.45. The van der Waals surface area contributed by atoms with Gasteiger partial charge in [-0.15, -0.1) is 0 Å². The SMILES string of the molecule is CCN(CC)S(=O)(=O)c1ccc2nc(/C(Cl)=C/c3ccccc3F)[nH]c2c1. The van der Waals surface area contributed by atoms with Crippen LogP contribution in [-0.2, 0) is 10.0 Å². The third-order valence-corrected chi connectivity index (χ3v) is 6.54. The van der Waals surface area contributed by atoms with Gasteiger partial charge < -0.3 is 4.98 Å². The Kier molecular flexibility index (Phi) is 5.64. The average molecular weight is 408 g/mol. The van der Waals surface area contributed by atoms with Crippen LogP contribution in [0.25, 0.3) is 22.1 Å². The molecule has 8 heteroatoms. The summed E-state index contributed by atoms with van der Waals surface area (Å²) in [6.45, 7) is 4.37. The smallest absolute Gasteiger partial charge is 0.243 e. The number of sulfonamides is 1. The maximum Gasteiger partial charge on any atom is 0.243 e. The van der Waals surface area contributed by atoms with Crippen molar-refractivity contribution in [3.8, 4) is 0 Å². The van der Waals surface area contributed by atoms with Crippen molar-refractivity contribution >= 4 is 43.8 Å². The molecule has 0 aliphatic carbocycles. The van der Waals surface area contributed by atoms with Crippen molar-refractivity contribution in [3.63, 3.8) is 0 Å². The average Bonchev–Trinajstić information content (AvgIpc) is 3.08. The number of H-pyrrole nitrogens is 1. The van der Waals surface area contributed by atoms with Crippen LogP contribution >= 0.6 is 11.6 Å². The first-order chi connectivity index (χ1) is 12.9. The highest BCUT2D eigenvalue weighted by molar-refractivity contribution is 7.89. The summed E-state index contributed by atoms with van der Waals surface area (Å²) in [5.74, 6) is -0.0494. The molecular formula is C19H19ClFN3O2S. The zero-order valence-corrected chi connectivity index (χ0v) is 16.5.